The molecule has 350 valence electrons. The highest BCUT2D eigenvalue weighted by molar-refractivity contribution is 6.47. The van der Waals surface area contributed by atoms with Crippen LogP contribution in [0, 0.1) is 17.3 Å². The number of rotatable bonds is 24. The van der Waals surface area contributed by atoms with Crippen LogP contribution in [0.5, 0.6) is 0 Å². The van der Waals surface area contributed by atoms with Gasteiger partial charge in [-0.25, -0.2) is 0 Å². The molecule has 9 atom stereocenters. The van der Waals surface area contributed by atoms with E-state index < -0.39 is 78.3 Å². The van der Waals surface area contributed by atoms with Crippen LogP contribution in [-0.4, -0.2) is 97.5 Å². The predicted molar refractivity (Wildman–Crippen MR) is 246 cm³/mol. The van der Waals surface area contributed by atoms with Crippen molar-refractivity contribution in [2.75, 3.05) is 13.1 Å². The van der Waals surface area contributed by atoms with Gasteiger partial charge in [-0.2, -0.15) is 0 Å². The van der Waals surface area contributed by atoms with Crippen LogP contribution in [0.15, 0.2) is 48.5 Å². The maximum atomic E-state index is 13.7. The Morgan fingerprint density at radius 2 is 1.31 bits per heavy atom. The largest absolute Gasteiger partial charge is 0.481 e. The van der Waals surface area contributed by atoms with Gasteiger partial charge in [-0.3, -0.25) is 28.8 Å². The predicted octanol–water partition coefficient (Wildman–Crippen LogP) is 2.78. The van der Waals surface area contributed by atoms with E-state index in [4.69, 9.17) is 26.5 Å². The highest BCUT2D eigenvalue weighted by atomic mass is 16.7. The molecule has 3 saturated carbocycles. The molecule has 3 aliphatic carbocycles. The fourth-order valence-electron chi connectivity index (χ4n) is 9.51. The van der Waals surface area contributed by atoms with Gasteiger partial charge in [0.25, 0.3) is 5.91 Å². The highest BCUT2D eigenvalue weighted by Gasteiger charge is 2.68. The van der Waals surface area contributed by atoms with Gasteiger partial charge in [-0.1, -0.05) is 63.6 Å². The summed E-state index contributed by atoms with van der Waals surface area (Å²) in [6.07, 6.45) is 6.28. The van der Waals surface area contributed by atoms with Gasteiger partial charge in [0, 0.05) is 12.0 Å². The number of amides is 6. The maximum absolute atomic E-state index is 13.7. The fourth-order valence-corrected chi connectivity index (χ4v) is 9.51. The van der Waals surface area contributed by atoms with Crippen LogP contribution in [0.25, 0.3) is 11.1 Å². The molecule has 2 aromatic carbocycles. The molecule has 2 aromatic rings. The summed E-state index contributed by atoms with van der Waals surface area (Å²) in [6, 6.07) is 10.8. The van der Waals surface area contributed by atoms with Gasteiger partial charge >= 0.3 is 7.12 Å². The van der Waals surface area contributed by atoms with Gasteiger partial charge in [-0.05, 0) is 138 Å². The Morgan fingerprint density at radius 1 is 0.719 bits per heavy atom. The lowest BCUT2D eigenvalue weighted by Gasteiger charge is -2.64. The van der Waals surface area contributed by atoms with E-state index in [9.17, 15) is 28.8 Å². The molecule has 0 spiro atoms. The molecule has 1 unspecified atom stereocenters. The molecule has 6 amide bonds. The van der Waals surface area contributed by atoms with Gasteiger partial charge in [0.05, 0.1) is 17.6 Å². The molecule has 1 heterocycles. The van der Waals surface area contributed by atoms with Crippen molar-refractivity contribution >= 4 is 42.6 Å². The van der Waals surface area contributed by atoms with Crippen molar-refractivity contribution in [3.63, 3.8) is 0 Å². The van der Waals surface area contributed by atoms with Gasteiger partial charge < -0.3 is 53.1 Å². The van der Waals surface area contributed by atoms with Crippen LogP contribution in [0.3, 0.4) is 0 Å². The fraction of sp³-hybridized carbons (Fsp3) is 0.617. The Morgan fingerprint density at radius 3 is 1.92 bits per heavy atom. The van der Waals surface area contributed by atoms with E-state index in [1.807, 2.05) is 19.1 Å². The van der Waals surface area contributed by atoms with Crippen molar-refractivity contribution in [1.29, 1.82) is 0 Å². The Labute approximate surface area is 378 Å². The third-order valence-electron chi connectivity index (χ3n) is 13.7. The molecule has 0 radical (unpaired) electrons. The first-order valence-corrected chi connectivity index (χ1v) is 23.1. The molecule has 1 aliphatic heterocycles. The SMILES string of the molecule is CCCCc1ccc(-c2ccc(C(=O)N[C@@H](CCN)C(=O)N[C@@H](CCC(N)=O)C(=O)N[C@@H](C)C(=O)N[C@@H](CCCCN)C(=O)N[C@@H](C)B3OC4C[C@@H]5C[C@@H](C5(C)C)[C@]4(C)O3)cc2)cc1. The van der Waals surface area contributed by atoms with Crippen molar-refractivity contribution in [2.45, 2.75) is 154 Å². The Bertz CT molecular complexity index is 1950. The van der Waals surface area contributed by atoms with Gasteiger partial charge in [-0.15, -0.1) is 0 Å². The van der Waals surface area contributed by atoms with E-state index in [1.165, 1.54) is 12.5 Å². The van der Waals surface area contributed by atoms with Crippen LogP contribution in [0.2, 0.25) is 0 Å². The molecular weight excluding hydrogens is 815 g/mol. The Kier molecular flexibility index (Phi) is 17.5. The number of hydrogen-bond donors (Lipinski definition) is 8. The number of aryl methyl sites for hydroxylation is 1. The minimum absolute atomic E-state index is 0.0412. The van der Waals surface area contributed by atoms with Gasteiger partial charge in [0.1, 0.15) is 24.2 Å². The molecule has 2 bridgehead atoms. The molecular formula is C47H71BN8O8. The van der Waals surface area contributed by atoms with Crippen LogP contribution in [-0.2, 0) is 39.7 Å². The second-order valence-corrected chi connectivity index (χ2v) is 18.8. The van der Waals surface area contributed by atoms with Gasteiger partial charge in [0.2, 0.25) is 29.5 Å². The highest BCUT2D eigenvalue weighted by Crippen LogP contribution is 2.65. The molecule has 0 aromatic heterocycles. The number of benzene rings is 2. The number of nitrogens with two attached hydrogens (primary N) is 3. The molecule has 17 heteroatoms. The summed E-state index contributed by atoms with van der Waals surface area (Å²) in [4.78, 5) is 79.8. The summed E-state index contributed by atoms with van der Waals surface area (Å²) in [5.74, 6) is -3.38. The van der Waals surface area contributed by atoms with Crippen LogP contribution < -0.4 is 43.8 Å². The number of nitrogens with one attached hydrogen (secondary N) is 5. The molecule has 1 saturated heterocycles. The second-order valence-electron chi connectivity index (χ2n) is 18.8. The van der Waals surface area contributed by atoms with Crippen LogP contribution in [0.1, 0.15) is 122 Å². The molecule has 4 fully saturated rings. The molecule has 4 aliphatic rings. The first kappa shape index (κ1) is 50.2. The average molecular weight is 887 g/mol. The maximum Gasteiger partial charge on any atom is 0.481 e. The van der Waals surface area contributed by atoms with E-state index >= 15 is 0 Å². The van der Waals surface area contributed by atoms with Gasteiger partial charge in [0.15, 0.2) is 0 Å². The molecule has 64 heavy (non-hydrogen) atoms. The smallest absolute Gasteiger partial charge is 0.404 e. The lowest BCUT2D eigenvalue weighted by atomic mass is 9.43. The minimum Gasteiger partial charge on any atom is -0.404 e. The normalized spacial score (nSPS) is 22.9. The van der Waals surface area contributed by atoms with E-state index in [0.29, 0.717) is 36.8 Å². The minimum atomic E-state index is -1.31. The lowest BCUT2D eigenvalue weighted by molar-refractivity contribution is -0.199. The molecule has 6 rings (SSSR count). The average Bonchev–Trinajstić information content (AvgIpc) is 3.64. The third-order valence-corrected chi connectivity index (χ3v) is 13.7. The van der Waals surface area contributed by atoms with Crippen LogP contribution in [0.4, 0.5) is 0 Å². The summed E-state index contributed by atoms with van der Waals surface area (Å²) in [6.45, 7) is 12.5. The zero-order valence-corrected chi connectivity index (χ0v) is 38.5. The first-order valence-electron chi connectivity index (χ1n) is 23.1. The lowest BCUT2D eigenvalue weighted by Crippen LogP contribution is -2.65. The molecule has 16 nitrogen and oxygen atoms in total. The summed E-state index contributed by atoms with van der Waals surface area (Å²) in [7, 11) is -0.659. The van der Waals surface area contributed by atoms with Crippen molar-refractivity contribution in [3.8, 4) is 11.1 Å². The Hall–Kier alpha value is -4.84. The number of carbonyl (C=O) groups excluding carboxylic acids is 6. The van der Waals surface area contributed by atoms with Crippen molar-refractivity contribution in [1.82, 2.24) is 26.6 Å². The summed E-state index contributed by atoms with van der Waals surface area (Å²) < 4.78 is 12.9. The van der Waals surface area contributed by atoms with Crippen LogP contribution >= 0.6 is 0 Å². The quantitative estimate of drug-likeness (QED) is 0.0565. The zero-order valence-electron chi connectivity index (χ0n) is 38.5. The monoisotopic (exact) mass is 887 g/mol. The van der Waals surface area contributed by atoms with Crippen molar-refractivity contribution < 1.29 is 38.1 Å². The summed E-state index contributed by atoms with van der Waals surface area (Å²) in [5, 5.41) is 13.7. The Balaban J connectivity index is 1.17. The number of primary amides is 1. The second kappa shape index (κ2) is 22.4. The standard InChI is InChI=1S/C47H71BN8O8/c1-7-8-11-30-13-15-31(16-14-30)32-17-19-33(20-18-32)42(59)55-37(23-25-50)45(62)56-36(21-22-40(51)57)43(60)52-28(2)41(58)54-35(12-9-10-24-49)44(61)53-29(3)48-63-39-27-34-26-38(46(34,4)5)47(39,6)64-48/h13-20,28-29,34-39H,7-12,21-27,49-50H2,1-6H3,(H2,51,57)(H,52,60)(H,53,61)(H,54,58)(H,55,59)(H,56,62)/t28-,29-,34-,35-,36-,37-,38-,39?,47-/m0/s1. The number of unbranched alkanes of at least 4 members (excludes halogenated alkanes) is 2. The van der Waals surface area contributed by atoms with Crippen molar-refractivity contribution in [3.05, 3.63) is 59.7 Å². The summed E-state index contributed by atoms with van der Waals surface area (Å²) in [5.41, 5.74) is 20.2. The van der Waals surface area contributed by atoms with E-state index in [-0.39, 0.29) is 43.7 Å². The zero-order chi connectivity index (χ0) is 46.8. The first-order chi connectivity index (χ1) is 30.4. The number of carbonyl (C=O) groups is 6. The van der Waals surface area contributed by atoms with E-state index in [0.717, 1.165) is 43.2 Å². The third kappa shape index (κ3) is 12.3. The van der Waals surface area contributed by atoms with E-state index in [2.05, 4.69) is 78.5 Å². The van der Waals surface area contributed by atoms with Crippen molar-refractivity contribution in [2.24, 2.45) is 34.5 Å². The number of hydrogen-bond acceptors (Lipinski definition) is 10. The topological polar surface area (TPSA) is 259 Å². The summed E-state index contributed by atoms with van der Waals surface area (Å²) >= 11 is 0. The van der Waals surface area contributed by atoms with E-state index in [1.54, 1.807) is 12.1 Å². The molecule has 11 N–H and O–H groups in total.